The Morgan fingerprint density at radius 3 is 2.71 bits per heavy atom. The number of aryl methyl sites for hydroxylation is 1. The molecule has 1 heterocycles. The summed E-state index contributed by atoms with van der Waals surface area (Å²) in [6.45, 7) is 2.06. The summed E-state index contributed by atoms with van der Waals surface area (Å²) in [5, 5.41) is 2.34. The van der Waals surface area contributed by atoms with Gasteiger partial charge < -0.3 is 0 Å². The largest absolute Gasteiger partial charge is 0.236 e. The highest BCUT2D eigenvalue weighted by Gasteiger charge is 2.03. The highest BCUT2D eigenvalue weighted by molar-refractivity contribution is 6.32. The van der Waals surface area contributed by atoms with Gasteiger partial charge in [-0.25, -0.2) is 4.98 Å². The first-order valence-electron chi connectivity index (χ1n) is 4.45. The van der Waals surface area contributed by atoms with Crippen molar-refractivity contribution in [3.63, 3.8) is 0 Å². The van der Waals surface area contributed by atoms with Gasteiger partial charge in [-0.15, -0.1) is 0 Å². The topological polar surface area (TPSA) is 12.9 Å². The van der Waals surface area contributed by atoms with Crippen LogP contribution in [0.25, 0.3) is 10.9 Å². The summed E-state index contributed by atoms with van der Waals surface area (Å²) in [5.74, 6) is 0. The minimum atomic E-state index is 0.572. The van der Waals surface area contributed by atoms with Crippen LogP contribution in [0.5, 0.6) is 0 Å². The van der Waals surface area contributed by atoms with Gasteiger partial charge in [0.25, 0.3) is 0 Å². The highest BCUT2D eigenvalue weighted by atomic mass is 35.5. The van der Waals surface area contributed by atoms with Crippen LogP contribution in [0.4, 0.5) is 0 Å². The molecule has 3 heteroatoms. The maximum Gasteiger partial charge on any atom is 0.132 e. The smallest absolute Gasteiger partial charge is 0.132 e. The molecule has 14 heavy (non-hydrogen) atoms. The lowest BCUT2D eigenvalue weighted by molar-refractivity contribution is 1.12. The van der Waals surface area contributed by atoms with E-state index < -0.39 is 0 Å². The second kappa shape index (κ2) is 3.76. The van der Waals surface area contributed by atoms with Crippen molar-refractivity contribution in [3.8, 4) is 0 Å². The average Bonchev–Trinajstić information content (AvgIpc) is 2.16. The van der Waals surface area contributed by atoms with Gasteiger partial charge >= 0.3 is 0 Å². The summed E-state index contributed by atoms with van der Waals surface area (Å²) in [5.41, 5.74) is 1.92. The molecule has 0 saturated carbocycles. The Kier molecular flexibility index (Phi) is 2.62. The fourth-order valence-corrected chi connectivity index (χ4v) is 1.85. The van der Waals surface area contributed by atoms with Gasteiger partial charge in [-0.05, 0) is 30.2 Å². The summed E-state index contributed by atoms with van der Waals surface area (Å²) in [6.07, 6.45) is 0.893. The molecule has 0 unspecified atom stereocenters. The maximum absolute atomic E-state index is 6.00. The van der Waals surface area contributed by atoms with E-state index in [1.165, 1.54) is 0 Å². The number of aromatic nitrogens is 1. The second-order valence-electron chi connectivity index (χ2n) is 3.13. The van der Waals surface area contributed by atoms with Crippen LogP contribution in [0.15, 0.2) is 24.3 Å². The van der Waals surface area contributed by atoms with Crippen molar-refractivity contribution >= 4 is 34.1 Å². The van der Waals surface area contributed by atoms with Gasteiger partial charge in [0.05, 0.1) is 5.52 Å². The molecule has 1 aromatic carbocycles. The first-order chi connectivity index (χ1) is 6.70. The molecule has 1 nitrogen and oxygen atoms in total. The van der Waals surface area contributed by atoms with E-state index in [2.05, 4.69) is 18.0 Å². The van der Waals surface area contributed by atoms with Gasteiger partial charge in [0.1, 0.15) is 5.15 Å². The molecule has 72 valence electrons. The minimum Gasteiger partial charge on any atom is -0.236 e. The molecule has 2 rings (SSSR count). The number of hydrogen-bond acceptors (Lipinski definition) is 1. The molecular formula is C11H9Cl2N. The van der Waals surface area contributed by atoms with Crippen LogP contribution < -0.4 is 0 Å². The quantitative estimate of drug-likeness (QED) is 0.667. The Balaban J connectivity index is 2.73. The van der Waals surface area contributed by atoms with Crippen LogP contribution in [-0.4, -0.2) is 4.98 Å². The molecule has 0 radical (unpaired) electrons. The van der Waals surface area contributed by atoms with Gasteiger partial charge in [-0.3, -0.25) is 0 Å². The van der Waals surface area contributed by atoms with Crippen molar-refractivity contribution in [3.05, 3.63) is 40.0 Å². The van der Waals surface area contributed by atoms with E-state index in [4.69, 9.17) is 23.2 Å². The third kappa shape index (κ3) is 1.70. The average molecular weight is 226 g/mol. The van der Waals surface area contributed by atoms with Gasteiger partial charge in [-0.1, -0.05) is 36.2 Å². The van der Waals surface area contributed by atoms with Crippen LogP contribution in [0, 0.1) is 0 Å². The molecular weight excluding hydrogens is 217 g/mol. The number of hydrogen-bond donors (Lipinski definition) is 0. The summed E-state index contributed by atoms with van der Waals surface area (Å²) in [6, 6.07) is 7.70. The number of rotatable bonds is 1. The fraction of sp³-hybridized carbons (Fsp3) is 0.182. The lowest BCUT2D eigenvalue weighted by Gasteiger charge is -2.03. The maximum atomic E-state index is 6.00. The zero-order chi connectivity index (χ0) is 10.1. The number of pyridine rings is 1. The van der Waals surface area contributed by atoms with E-state index >= 15 is 0 Å². The molecule has 0 spiro atoms. The van der Waals surface area contributed by atoms with E-state index in [9.17, 15) is 0 Å². The van der Waals surface area contributed by atoms with Crippen molar-refractivity contribution in [1.82, 2.24) is 4.98 Å². The summed E-state index contributed by atoms with van der Waals surface area (Å²) < 4.78 is 0. The molecule has 0 atom stereocenters. The van der Waals surface area contributed by atoms with Crippen LogP contribution in [0.2, 0.25) is 10.2 Å². The van der Waals surface area contributed by atoms with Crippen molar-refractivity contribution in [1.29, 1.82) is 0 Å². The van der Waals surface area contributed by atoms with E-state index in [0.29, 0.717) is 10.2 Å². The summed E-state index contributed by atoms with van der Waals surface area (Å²) in [4.78, 5) is 4.29. The zero-order valence-corrected chi connectivity index (χ0v) is 9.23. The lowest BCUT2D eigenvalue weighted by Crippen LogP contribution is -1.87. The third-order valence-electron chi connectivity index (χ3n) is 2.19. The molecule has 0 N–H and O–H groups in total. The normalized spacial score (nSPS) is 10.8. The SMILES string of the molecule is CCc1cc2ccc(Cl)cc2nc1Cl. The molecule has 2 aromatic rings. The van der Waals surface area contributed by atoms with Crippen molar-refractivity contribution < 1.29 is 0 Å². The number of halogens is 2. The predicted molar refractivity (Wildman–Crippen MR) is 61.1 cm³/mol. The van der Waals surface area contributed by atoms with Crippen LogP contribution in [0.3, 0.4) is 0 Å². The predicted octanol–water partition coefficient (Wildman–Crippen LogP) is 4.10. The Labute approximate surface area is 92.7 Å². The third-order valence-corrected chi connectivity index (χ3v) is 2.75. The van der Waals surface area contributed by atoms with Gasteiger partial charge in [0, 0.05) is 10.4 Å². The van der Waals surface area contributed by atoms with Crippen molar-refractivity contribution in [2.45, 2.75) is 13.3 Å². The molecule has 0 bridgehead atoms. The van der Waals surface area contributed by atoms with Crippen LogP contribution in [-0.2, 0) is 6.42 Å². The van der Waals surface area contributed by atoms with Crippen molar-refractivity contribution in [2.75, 3.05) is 0 Å². The number of benzene rings is 1. The summed E-state index contributed by atoms with van der Waals surface area (Å²) in [7, 11) is 0. The molecule has 0 aliphatic heterocycles. The number of nitrogens with zero attached hydrogens (tertiary/aromatic N) is 1. The second-order valence-corrected chi connectivity index (χ2v) is 3.92. The molecule has 0 fully saturated rings. The van der Waals surface area contributed by atoms with Crippen LogP contribution >= 0.6 is 23.2 Å². The molecule has 0 aliphatic carbocycles. The fourth-order valence-electron chi connectivity index (χ4n) is 1.41. The van der Waals surface area contributed by atoms with E-state index in [1.54, 1.807) is 0 Å². The minimum absolute atomic E-state index is 0.572. The number of fused-ring (bicyclic) bond motifs is 1. The Morgan fingerprint density at radius 1 is 1.21 bits per heavy atom. The Bertz CT molecular complexity index is 480. The van der Waals surface area contributed by atoms with E-state index in [1.807, 2.05) is 18.2 Å². The van der Waals surface area contributed by atoms with Gasteiger partial charge in [0.15, 0.2) is 0 Å². The standard InChI is InChI=1S/C11H9Cl2N/c1-2-7-5-8-3-4-9(12)6-10(8)14-11(7)13/h3-6H,2H2,1H3. The molecule has 0 aliphatic rings. The monoisotopic (exact) mass is 225 g/mol. The lowest BCUT2D eigenvalue weighted by atomic mass is 10.1. The molecule has 0 amide bonds. The molecule has 1 aromatic heterocycles. The van der Waals surface area contributed by atoms with Crippen molar-refractivity contribution in [2.24, 2.45) is 0 Å². The first-order valence-corrected chi connectivity index (χ1v) is 5.21. The Morgan fingerprint density at radius 2 is 2.00 bits per heavy atom. The van der Waals surface area contributed by atoms with Gasteiger partial charge in [0.2, 0.25) is 0 Å². The molecule has 0 saturated heterocycles. The van der Waals surface area contributed by atoms with E-state index in [-0.39, 0.29) is 0 Å². The van der Waals surface area contributed by atoms with Crippen LogP contribution in [0.1, 0.15) is 12.5 Å². The zero-order valence-electron chi connectivity index (χ0n) is 7.72. The van der Waals surface area contributed by atoms with Gasteiger partial charge in [-0.2, -0.15) is 0 Å². The first kappa shape index (κ1) is 9.75. The van der Waals surface area contributed by atoms with E-state index in [0.717, 1.165) is 22.9 Å². The highest BCUT2D eigenvalue weighted by Crippen LogP contribution is 2.23. The summed E-state index contributed by atoms with van der Waals surface area (Å²) >= 11 is 11.9. The Hall–Kier alpha value is -0.790.